The van der Waals surface area contributed by atoms with E-state index in [0.717, 1.165) is 12.0 Å². The molecule has 1 aliphatic rings. The number of hydrogen-bond acceptors (Lipinski definition) is 3. The molecule has 1 aliphatic heterocycles. The summed E-state index contributed by atoms with van der Waals surface area (Å²) in [6.07, 6.45) is 0.886. The van der Waals surface area contributed by atoms with E-state index < -0.39 is 0 Å². The molecular formula is C9H14N2O2. The molecule has 0 saturated heterocycles. The Hall–Kier alpha value is -1.32. The van der Waals surface area contributed by atoms with Gasteiger partial charge in [0.2, 0.25) is 0 Å². The molecule has 1 rings (SSSR count). The van der Waals surface area contributed by atoms with Gasteiger partial charge >= 0.3 is 5.91 Å². The van der Waals surface area contributed by atoms with Crippen LogP contribution in [0.5, 0.6) is 0 Å². The summed E-state index contributed by atoms with van der Waals surface area (Å²) in [6, 6.07) is 0. The Bertz CT molecular complexity index is 246. The van der Waals surface area contributed by atoms with Gasteiger partial charge in [-0.1, -0.05) is 12.2 Å². The Morgan fingerprint density at radius 1 is 1.77 bits per heavy atom. The predicted octanol–water partition coefficient (Wildman–Crippen LogP) is 0.497. The Balaban J connectivity index is 2.38. The first kappa shape index (κ1) is 9.77. The number of hydrogen-bond donors (Lipinski definition) is 1. The van der Waals surface area contributed by atoms with Crippen LogP contribution in [0.15, 0.2) is 17.1 Å². The van der Waals surface area contributed by atoms with E-state index in [1.54, 1.807) is 0 Å². The van der Waals surface area contributed by atoms with E-state index in [1.165, 1.54) is 0 Å². The number of nitrogens with zero attached hydrogens (tertiary/aromatic N) is 1. The third-order valence-corrected chi connectivity index (χ3v) is 1.54. The van der Waals surface area contributed by atoms with E-state index in [-0.39, 0.29) is 11.8 Å². The van der Waals surface area contributed by atoms with Crippen molar-refractivity contribution in [2.75, 3.05) is 19.7 Å². The van der Waals surface area contributed by atoms with Crippen LogP contribution in [0.4, 0.5) is 0 Å². The van der Waals surface area contributed by atoms with Crippen LogP contribution in [0.2, 0.25) is 0 Å². The fourth-order valence-corrected chi connectivity index (χ4v) is 0.904. The lowest BCUT2D eigenvalue weighted by atomic mass is 10.3. The maximum atomic E-state index is 11.3. The Kier molecular flexibility index (Phi) is 3.49. The van der Waals surface area contributed by atoms with Crippen molar-refractivity contribution >= 4 is 11.8 Å². The molecule has 0 aromatic heterocycles. The molecule has 13 heavy (non-hydrogen) atoms. The molecule has 0 bridgehead atoms. The van der Waals surface area contributed by atoms with Gasteiger partial charge in [0, 0.05) is 19.5 Å². The summed E-state index contributed by atoms with van der Waals surface area (Å²) in [6.45, 7) is 7.26. The molecule has 0 saturated carbocycles. The van der Waals surface area contributed by atoms with Gasteiger partial charge in [-0.15, -0.1) is 0 Å². The van der Waals surface area contributed by atoms with Crippen LogP contribution in [0, 0.1) is 0 Å². The Labute approximate surface area is 77.7 Å². The fourth-order valence-electron chi connectivity index (χ4n) is 0.904. The summed E-state index contributed by atoms with van der Waals surface area (Å²) < 4.78 is 5.08. The second-order valence-electron chi connectivity index (χ2n) is 3.03. The van der Waals surface area contributed by atoms with Crippen molar-refractivity contribution in [2.24, 2.45) is 4.99 Å². The molecular weight excluding hydrogens is 168 g/mol. The zero-order chi connectivity index (χ0) is 9.68. The number of nitrogens with one attached hydrogen (secondary N) is 1. The number of carbonyl (C=O) groups excluding carboxylic acids is 1. The second kappa shape index (κ2) is 4.64. The highest BCUT2D eigenvalue weighted by molar-refractivity contribution is 6.35. The summed E-state index contributed by atoms with van der Waals surface area (Å²) in [4.78, 5) is 15.3. The minimum atomic E-state index is -0.247. The van der Waals surface area contributed by atoms with E-state index in [0.29, 0.717) is 19.7 Å². The van der Waals surface area contributed by atoms with Crippen LogP contribution in [-0.2, 0) is 9.53 Å². The lowest BCUT2D eigenvalue weighted by Crippen LogP contribution is -2.35. The normalized spacial score (nSPS) is 15.6. The van der Waals surface area contributed by atoms with Crippen molar-refractivity contribution in [1.82, 2.24) is 5.32 Å². The van der Waals surface area contributed by atoms with E-state index in [1.807, 2.05) is 6.92 Å². The van der Waals surface area contributed by atoms with E-state index >= 15 is 0 Å². The molecule has 0 fully saturated rings. The molecule has 1 N–H and O–H groups in total. The first-order valence-electron chi connectivity index (χ1n) is 4.30. The van der Waals surface area contributed by atoms with Gasteiger partial charge in [-0.05, 0) is 6.92 Å². The summed E-state index contributed by atoms with van der Waals surface area (Å²) in [5, 5.41) is 2.66. The fraction of sp³-hybridized carbons (Fsp3) is 0.556. The van der Waals surface area contributed by atoms with Gasteiger partial charge in [0.1, 0.15) is 0 Å². The summed E-state index contributed by atoms with van der Waals surface area (Å²) in [7, 11) is 0. The zero-order valence-electron chi connectivity index (χ0n) is 7.80. The van der Waals surface area contributed by atoms with Crippen LogP contribution >= 0.6 is 0 Å². The molecule has 4 heteroatoms. The Morgan fingerprint density at radius 3 is 3.08 bits per heavy atom. The number of rotatable bonds is 3. The molecule has 0 atom stereocenters. The monoisotopic (exact) mass is 182 g/mol. The van der Waals surface area contributed by atoms with Gasteiger partial charge < -0.3 is 10.1 Å². The van der Waals surface area contributed by atoms with Crippen molar-refractivity contribution in [3.63, 3.8) is 0 Å². The van der Waals surface area contributed by atoms with E-state index in [4.69, 9.17) is 4.74 Å². The van der Waals surface area contributed by atoms with Gasteiger partial charge in [-0.25, -0.2) is 4.99 Å². The van der Waals surface area contributed by atoms with Crippen LogP contribution < -0.4 is 5.32 Å². The van der Waals surface area contributed by atoms with Crippen LogP contribution in [0.25, 0.3) is 0 Å². The van der Waals surface area contributed by atoms with Gasteiger partial charge in [-0.2, -0.15) is 0 Å². The quantitative estimate of drug-likeness (QED) is 0.646. The zero-order valence-corrected chi connectivity index (χ0v) is 7.80. The van der Waals surface area contributed by atoms with Crippen molar-refractivity contribution in [3.05, 3.63) is 12.2 Å². The van der Waals surface area contributed by atoms with Gasteiger partial charge in [-0.3, -0.25) is 4.79 Å². The number of amides is 1. The van der Waals surface area contributed by atoms with Gasteiger partial charge in [0.05, 0.1) is 6.61 Å². The highest BCUT2D eigenvalue weighted by Gasteiger charge is 2.14. The van der Waals surface area contributed by atoms with E-state index in [9.17, 15) is 4.79 Å². The van der Waals surface area contributed by atoms with Crippen LogP contribution in [-0.4, -0.2) is 31.5 Å². The lowest BCUT2D eigenvalue weighted by Gasteiger charge is -2.12. The molecule has 0 spiro atoms. The second-order valence-corrected chi connectivity index (χ2v) is 3.03. The van der Waals surface area contributed by atoms with E-state index in [2.05, 4.69) is 16.9 Å². The smallest absolute Gasteiger partial charge is 0.306 e. The molecule has 1 amide bonds. The molecule has 0 aromatic rings. The standard InChI is InChI=1S/C9H14N2O2/c1-7(2)6-11-8(12)9-10-4-3-5-13-9/h1,3-6H2,2H3,(H,11,12). The van der Waals surface area contributed by atoms with Crippen molar-refractivity contribution in [2.45, 2.75) is 13.3 Å². The van der Waals surface area contributed by atoms with Crippen LogP contribution in [0.1, 0.15) is 13.3 Å². The molecule has 1 heterocycles. The first-order chi connectivity index (χ1) is 6.20. The SMILES string of the molecule is C=C(C)CNC(=O)C1=NCCCO1. The molecule has 4 nitrogen and oxygen atoms in total. The van der Waals surface area contributed by atoms with Crippen molar-refractivity contribution < 1.29 is 9.53 Å². The number of aliphatic imine (C=N–C) groups is 1. The molecule has 72 valence electrons. The number of carbonyl (C=O) groups is 1. The Morgan fingerprint density at radius 2 is 2.54 bits per heavy atom. The van der Waals surface area contributed by atoms with Crippen molar-refractivity contribution in [3.8, 4) is 0 Å². The number of ether oxygens (including phenoxy) is 1. The molecule has 0 aromatic carbocycles. The predicted molar refractivity (Wildman–Crippen MR) is 50.7 cm³/mol. The highest BCUT2D eigenvalue weighted by Crippen LogP contribution is 1.96. The largest absolute Gasteiger partial charge is 0.474 e. The first-order valence-corrected chi connectivity index (χ1v) is 4.30. The molecule has 0 aliphatic carbocycles. The average Bonchev–Trinajstić information content (AvgIpc) is 2.15. The maximum Gasteiger partial charge on any atom is 0.306 e. The third kappa shape index (κ3) is 3.27. The van der Waals surface area contributed by atoms with Gasteiger partial charge in [0.15, 0.2) is 0 Å². The minimum absolute atomic E-state index is 0.201. The summed E-state index contributed by atoms with van der Waals surface area (Å²) >= 11 is 0. The summed E-state index contributed by atoms with van der Waals surface area (Å²) in [5.74, 6) is -0.0461. The van der Waals surface area contributed by atoms with Crippen molar-refractivity contribution in [1.29, 1.82) is 0 Å². The van der Waals surface area contributed by atoms with Crippen LogP contribution in [0.3, 0.4) is 0 Å². The maximum absolute atomic E-state index is 11.3. The molecule has 0 radical (unpaired) electrons. The lowest BCUT2D eigenvalue weighted by molar-refractivity contribution is -0.116. The average molecular weight is 182 g/mol. The highest BCUT2D eigenvalue weighted by atomic mass is 16.5. The summed E-state index contributed by atoms with van der Waals surface area (Å²) in [5.41, 5.74) is 0.907. The topological polar surface area (TPSA) is 50.7 Å². The molecule has 0 unspecified atom stereocenters. The third-order valence-electron chi connectivity index (χ3n) is 1.54. The van der Waals surface area contributed by atoms with Gasteiger partial charge in [0.25, 0.3) is 5.90 Å². The minimum Gasteiger partial charge on any atom is -0.474 e.